The first kappa shape index (κ1) is 8.98. The predicted molar refractivity (Wildman–Crippen MR) is 42.4 cm³/mol. The zero-order valence-electron chi connectivity index (χ0n) is 6.56. The Morgan fingerprint density at radius 3 is 1.85 bits per heavy atom. The topological polar surface area (TPSA) is 113 Å². The molecule has 0 aliphatic carbocycles. The number of amides is 2. The lowest BCUT2D eigenvalue weighted by Crippen LogP contribution is -2.44. The predicted octanol–water partition coefficient (Wildman–Crippen LogP) is -1.48. The number of nitrogens with two attached hydrogens (primary N) is 2. The first-order valence-electron chi connectivity index (χ1n) is 3.36. The summed E-state index contributed by atoms with van der Waals surface area (Å²) >= 11 is 0. The van der Waals surface area contributed by atoms with Crippen LogP contribution in [0.3, 0.4) is 0 Å². The van der Waals surface area contributed by atoms with Crippen molar-refractivity contribution in [3.8, 4) is 0 Å². The third-order valence-corrected chi connectivity index (χ3v) is 1.45. The van der Waals surface area contributed by atoms with Gasteiger partial charge in [-0.1, -0.05) is 0 Å². The van der Waals surface area contributed by atoms with Gasteiger partial charge in [0.05, 0.1) is 0 Å². The molecule has 0 saturated carbocycles. The van der Waals surface area contributed by atoms with Crippen LogP contribution < -0.4 is 16.2 Å². The summed E-state index contributed by atoms with van der Waals surface area (Å²) < 4.78 is 0.116. The normalized spacial score (nSPS) is 9.54. The summed E-state index contributed by atoms with van der Waals surface area (Å²) in [6.45, 7) is 0. The second-order valence-electron chi connectivity index (χ2n) is 2.32. The van der Waals surface area contributed by atoms with Gasteiger partial charge in [-0.3, -0.25) is 9.59 Å². The number of pyridine rings is 1. The summed E-state index contributed by atoms with van der Waals surface area (Å²) in [4.78, 5) is 21.3. The van der Waals surface area contributed by atoms with E-state index in [1.807, 2.05) is 0 Å². The van der Waals surface area contributed by atoms with Gasteiger partial charge in [0.25, 0.3) is 11.4 Å². The van der Waals surface area contributed by atoms with Crippen LogP contribution in [0.25, 0.3) is 0 Å². The molecule has 1 aromatic rings. The van der Waals surface area contributed by atoms with Crippen molar-refractivity contribution in [1.82, 2.24) is 0 Å². The van der Waals surface area contributed by atoms with E-state index in [9.17, 15) is 14.8 Å². The Kier molecular flexibility index (Phi) is 2.14. The van der Waals surface area contributed by atoms with Crippen molar-refractivity contribution in [2.24, 2.45) is 11.5 Å². The van der Waals surface area contributed by atoms with Crippen LogP contribution in [0.1, 0.15) is 21.0 Å². The highest BCUT2D eigenvalue weighted by Gasteiger charge is 2.18. The van der Waals surface area contributed by atoms with Crippen LogP contribution in [0.5, 0.6) is 0 Å². The SMILES string of the molecule is NC(=O)c1cccc(C(N)=O)[n+]1[O-]. The molecule has 0 fully saturated rings. The van der Waals surface area contributed by atoms with Gasteiger partial charge in [-0.2, -0.15) is 4.73 Å². The maximum Gasteiger partial charge on any atom is 0.314 e. The summed E-state index contributed by atoms with van der Waals surface area (Å²) in [5, 5.41) is 11.2. The van der Waals surface area contributed by atoms with Crippen molar-refractivity contribution in [1.29, 1.82) is 0 Å². The van der Waals surface area contributed by atoms with E-state index in [2.05, 4.69) is 0 Å². The molecule has 4 N–H and O–H groups in total. The Balaban J connectivity index is 3.35. The standard InChI is InChI=1S/C7H7N3O3/c8-6(11)4-2-1-3-5(7(9)12)10(4)13/h1-3H,(H2,8,11)(H2,9,12). The van der Waals surface area contributed by atoms with Crippen LogP contribution in [0.15, 0.2) is 18.2 Å². The molecule has 0 unspecified atom stereocenters. The first-order chi connectivity index (χ1) is 6.04. The molecule has 0 aliphatic rings. The molecule has 68 valence electrons. The molecular weight excluding hydrogens is 174 g/mol. The number of carbonyl (C=O) groups excluding carboxylic acids is 2. The molecule has 1 aromatic heterocycles. The molecule has 2 amide bonds. The molecule has 0 radical (unpaired) electrons. The number of hydrogen-bond acceptors (Lipinski definition) is 3. The second-order valence-corrected chi connectivity index (χ2v) is 2.32. The first-order valence-corrected chi connectivity index (χ1v) is 3.36. The molecule has 0 spiro atoms. The monoisotopic (exact) mass is 181 g/mol. The van der Waals surface area contributed by atoms with Gasteiger partial charge in [-0.15, -0.1) is 0 Å². The molecule has 0 bridgehead atoms. The fourth-order valence-corrected chi connectivity index (χ4v) is 0.860. The third kappa shape index (κ3) is 1.56. The summed E-state index contributed by atoms with van der Waals surface area (Å²) in [5.74, 6) is -1.81. The van der Waals surface area contributed by atoms with Crippen LogP contribution >= 0.6 is 0 Å². The third-order valence-electron chi connectivity index (χ3n) is 1.45. The van der Waals surface area contributed by atoms with Crippen LogP contribution in [0, 0.1) is 5.21 Å². The van der Waals surface area contributed by atoms with Crippen molar-refractivity contribution in [3.05, 3.63) is 34.8 Å². The number of carbonyl (C=O) groups is 2. The fraction of sp³-hybridized carbons (Fsp3) is 0. The lowest BCUT2D eigenvalue weighted by atomic mass is 10.3. The molecule has 0 atom stereocenters. The minimum absolute atomic E-state index is 0.116. The average Bonchev–Trinajstić information content (AvgIpc) is 2.03. The molecule has 6 nitrogen and oxygen atoms in total. The smallest absolute Gasteiger partial charge is 0.314 e. The minimum atomic E-state index is -0.905. The van der Waals surface area contributed by atoms with Crippen LogP contribution in [-0.4, -0.2) is 11.8 Å². The summed E-state index contributed by atoms with van der Waals surface area (Å²) in [7, 11) is 0. The molecule has 0 saturated heterocycles. The van der Waals surface area contributed by atoms with Crippen molar-refractivity contribution >= 4 is 11.8 Å². The second kappa shape index (κ2) is 3.10. The van der Waals surface area contributed by atoms with E-state index in [4.69, 9.17) is 11.5 Å². The van der Waals surface area contributed by atoms with E-state index in [1.54, 1.807) is 0 Å². The molecule has 1 rings (SSSR count). The van der Waals surface area contributed by atoms with E-state index < -0.39 is 11.8 Å². The van der Waals surface area contributed by atoms with Gasteiger partial charge >= 0.3 is 11.8 Å². The Bertz CT molecular complexity index is 343. The van der Waals surface area contributed by atoms with Crippen molar-refractivity contribution in [3.63, 3.8) is 0 Å². The number of primary amides is 2. The van der Waals surface area contributed by atoms with E-state index in [1.165, 1.54) is 18.2 Å². The zero-order valence-corrected chi connectivity index (χ0v) is 6.56. The highest BCUT2D eigenvalue weighted by molar-refractivity contribution is 5.92. The van der Waals surface area contributed by atoms with E-state index >= 15 is 0 Å². The molecular formula is C7H7N3O3. The Morgan fingerprint density at radius 1 is 1.15 bits per heavy atom. The maximum atomic E-state index is 11.2. The van der Waals surface area contributed by atoms with Gasteiger partial charge < -0.3 is 16.7 Å². The summed E-state index contributed by atoms with van der Waals surface area (Å²) in [5.41, 5.74) is 9.13. The molecule has 13 heavy (non-hydrogen) atoms. The number of hydrogen-bond donors (Lipinski definition) is 2. The van der Waals surface area contributed by atoms with Crippen LogP contribution in [-0.2, 0) is 0 Å². The van der Waals surface area contributed by atoms with E-state index in [0.717, 1.165) is 0 Å². The number of nitrogens with zero attached hydrogens (tertiary/aromatic N) is 1. The largest absolute Gasteiger partial charge is 0.618 e. The maximum absolute atomic E-state index is 11.2. The van der Waals surface area contributed by atoms with Crippen molar-refractivity contribution < 1.29 is 14.3 Å². The Hall–Kier alpha value is -2.11. The Labute approximate surface area is 73.3 Å². The van der Waals surface area contributed by atoms with Gasteiger partial charge in [-0.05, 0) is 6.07 Å². The highest BCUT2D eigenvalue weighted by atomic mass is 16.5. The Morgan fingerprint density at radius 2 is 1.54 bits per heavy atom. The quantitative estimate of drug-likeness (QED) is 0.428. The van der Waals surface area contributed by atoms with Gasteiger partial charge in [0.1, 0.15) is 0 Å². The van der Waals surface area contributed by atoms with Gasteiger partial charge in [-0.25, -0.2) is 0 Å². The zero-order chi connectivity index (χ0) is 10.0. The lowest BCUT2D eigenvalue weighted by molar-refractivity contribution is -0.609. The van der Waals surface area contributed by atoms with Crippen molar-refractivity contribution in [2.75, 3.05) is 0 Å². The molecule has 6 heteroatoms. The van der Waals surface area contributed by atoms with Crippen LogP contribution in [0.4, 0.5) is 0 Å². The number of rotatable bonds is 2. The highest BCUT2D eigenvalue weighted by Crippen LogP contribution is 1.94. The number of aromatic nitrogens is 1. The average molecular weight is 181 g/mol. The van der Waals surface area contributed by atoms with Gasteiger partial charge in [0.15, 0.2) is 0 Å². The molecule has 1 heterocycles. The van der Waals surface area contributed by atoms with Crippen LogP contribution in [0.2, 0.25) is 0 Å². The fourth-order valence-electron chi connectivity index (χ4n) is 0.860. The summed E-state index contributed by atoms with van der Waals surface area (Å²) in [6.07, 6.45) is 0. The lowest BCUT2D eigenvalue weighted by Gasteiger charge is -2.03. The van der Waals surface area contributed by atoms with E-state index in [0.29, 0.717) is 0 Å². The molecule has 0 aromatic carbocycles. The summed E-state index contributed by atoms with van der Waals surface area (Å²) in [6, 6.07) is 3.78. The molecule has 0 aliphatic heterocycles. The van der Waals surface area contributed by atoms with Crippen molar-refractivity contribution in [2.45, 2.75) is 0 Å². The van der Waals surface area contributed by atoms with Gasteiger partial charge in [0.2, 0.25) is 0 Å². The minimum Gasteiger partial charge on any atom is -0.618 e. The van der Waals surface area contributed by atoms with E-state index in [-0.39, 0.29) is 16.1 Å². The van der Waals surface area contributed by atoms with Gasteiger partial charge in [0, 0.05) is 12.1 Å².